The van der Waals surface area contributed by atoms with Crippen LogP contribution in [0.5, 0.6) is 0 Å². The molecule has 0 fully saturated rings. The molecule has 1 N–H and O–H groups in total. The lowest BCUT2D eigenvalue weighted by molar-refractivity contribution is 0.475. The van der Waals surface area contributed by atoms with Gasteiger partial charge in [-0.1, -0.05) is 34.1 Å². The molecule has 0 atom stereocenters. The molecular formula is C21H29BrN4O. The Balaban J connectivity index is 1.87. The summed E-state index contributed by atoms with van der Waals surface area (Å²) in [6.07, 6.45) is 1.88. The van der Waals surface area contributed by atoms with Gasteiger partial charge in [-0.3, -0.25) is 9.79 Å². The maximum Gasteiger partial charge on any atom is 0.250 e. The largest absolute Gasteiger partial charge is 0.357 e. The van der Waals surface area contributed by atoms with Gasteiger partial charge in [0.25, 0.3) is 5.56 Å². The fraction of sp³-hybridized carbons (Fsp3) is 0.429. The molecule has 1 aromatic heterocycles. The minimum Gasteiger partial charge on any atom is -0.357 e. The zero-order chi connectivity index (χ0) is 19.6. The summed E-state index contributed by atoms with van der Waals surface area (Å²) in [5, 5.41) is 3.35. The molecule has 1 aromatic carbocycles. The van der Waals surface area contributed by atoms with Crippen molar-refractivity contribution in [2.24, 2.45) is 4.99 Å². The van der Waals surface area contributed by atoms with Crippen molar-refractivity contribution in [3.8, 4) is 0 Å². The first kappa shape index (κ1) is 21.2. The highest BCUT2D eigenvalue weighted by atomic mass is 79.9. The Morgan fingerprint density at radius 2 is 1.93 bits per heavy atom. The van der Waals surface area contributed by atoms with Crippen molar-refractivity contribution in [2.45, 2.75) is 39.8 Å². The second-order valence-corrected chi connectivity index (χ2v) is 7.50. The minimum atomic E-state index is 0.0704. The van der Waals surface area contributed by atoms with Gasteiger partial charge in [0.1, 0.15) is 0 Å². The fourth-order valence-corrected chi connectivity index (χ4v) is 3.15. The molecule has 27 heavy (non-hydrogen) atoms. The Kier molecular flexibility index (Phi) is 8.58. The van der Waals surface area contributed by atoms with E-state index in [1.165, 1.54) is 5.56 Å². The number of nitrogens with one attached hydrogen (secondary N) is 1. The first-order valence-electron chi connectivity index (χ1n) is 9.41. The summed E-state index contributed by atoms with van der Waals surface area (Å²) in [5.74, 6) is 0.911. The number of pyridine rings is 1. The van der Waals surface area contributed by atoms with E-state index in [9.17, 15) is 4.79 Å². The molecule has 146 valence electrons. The van der Waals surface area contributed by atoms with Gasteiger partial charge in [0.15, 0.2) is 5.96 Å². The summed E-state index contributed by atoms with van der Waals surface area (Å²) in [6, 6.07) is 13.7. The van der Waals surface area contributed by atoms with Gasteiger partial charge in [0.05, 0.1) is 0 Å². The smallest absolute Gasteiger partial charge is 0.250 e. The predicted molar refractivity (Wildman–Crippen MR) is 116 cm³/mol. The molecule has 2 aromatic rings. The van der Waals surface area contributed by atoms with Gasteiger partial charge in [-0.25, -0.2) is 0 Å². The van der Waals surface area contributed by atoms with Crippen molar-refractivity contribution in [1.29, 1.82) is 0 Å². The number of aromatic nitrogens is 1. The van der Waals surface area contributed by atoms with E-state index in [1.54, 1.807) is 6.07 Å². The quantitative estimate of drug-likeness (QED) is 0.392. The van der Waals surface area contributed by atoms with Crippen LogP contribution in [0.2, 0.25) is 0 Å². The molecule has 6 heteroatoms. The Bertz CT molecular complexity index is 799. The van der Waals surface area contributed by atoms with Crippen LogP contribution in [-0.4, -0.2) is 35.6 Å². The Morgan fingerprint density at radius 3 is 2.59 bits per heavy atom. The van der Waals surface area contributed by atoms with E-state index in [1.807, 2.05) is 23.6 Å². The molecule has 0 bridgehead atoms. The summed E-state index contributed by atoms with van der Waals surface area (Å²) < 4.78 is 2.91. The van der Waals surface area contributed by atoms with Crippen LogP contribution in [-0.2, 0) is 13.1 Å². The normalized spacial score (nSPS) is 11.5. The number of hydrogen-bond acceptors (Lipinski definition) is 2. The molecule has 0 aliphatic rings. The standard InChI is InChI=1S/C21H29BrN4O/c1-4-23-21(25(3)16-18-10-12-19(22)13-11-18)24-14-5-6-15-26-17(2)8-7-9-20(26)27/h7-13H,4-6,14-16H2,1-3H3,(H,23,24). The van der Waals surface area contributed by atoms with Crippen molar-refractivity contribution in [1.82, 2.24) is 14.8 Å². The van der Waals surface area contributed by atoms with Gasteiger partial charge < -0.3 is 14.8 Å². The lowest BCUT2D eigenvalue weighted by atomic mass is 10.2. The van der Waals surface area contributed by atoms with Gasteiger partial charge in [-0.15, -0.1) is 0 Å². The number of guanidine groups is 1. The zero-order valence-corrected chi connectivity index (χ0v) is 18.0. The van der Waals surface area contributed by atoms with Gasteiger partial charge in [-0.05, 0) is 50.5 Å². The lowest BCUT2D eigenvalue weighted by Gasteiger charge is -2.22. The molecule has 2 rings (SSSR count). The molecule has 0 amide bonds. The molecule has 0 aliphatic carbocycles. The maximum absolute atomic E-state index is 11.9. The molecule has 0 unspecified atom stereocenters. The van der Waals surface area contributed by atoms with E-state index in [-0.39, 0.29) is 5.56 Å². The molecule has 0 saturated carbocycles. The first-order chi connectivity index (χ1) is 13.0. The number of aliphatic imine (C=N–C) groups is 1. The number of halogens is 1. The van der Waals surface area contributed by atoms with Crippen LogP contribution in [0.3, 0.4) is 0 Å². The van der Waals surface area contributed by atoms with Crippen LogP contribution in [0.25, 0.3) is 0 Å². The molecule has 0 saturated heterocycles. The summed E-state index contributed by atoms with van der Waals surface area (Å²) in [7, 11) is 2.05. The van der Waals surface area contributed by atoms with Crippen LogP contribution in [0.15, 0.2) is 56.7 Å². The van der Waals surface area contributed by atoms with E-state index in [0.29, 0.717) is 0 Å². The molecule has 5 nitrogen and oxygen atoms in total. The molecular weight excluding hydrogens is 404 g/mol. The third-order valence-corrected chi connectivity index (χ3v) is 4.88. The summed E-state index contributed by atoms with van der Waals surface area (Å²) in [6.45, 7) is 7.17. The molecule has 0 spiro atoms. The highest BCUT2D eigenvalue weighted by Gasteiger charge is 2.06. The highest BCUT2D eigenvalue weighted by molar-refractivity contribution is 9.10. The molecule has 1 heterocycles. The van der Waals surface area contributed by atoms with E-state index in [0.717, 1.165) is 55.1 Å². The molecule has 0 radical (unpaired) electrons. The maximum atomic E-state index is 11.9. The summed E-state index contributed by atoms with van der Waals surface area (Å²) >= 11 is 3.47. The van der Waals surface area contributed by atoms with Crippen LogP contribution in [0.4, 0.5) is 0 Å². The van der Waals surface area contributed by atoms with Crippen molar-refractivity contribution in [3.63, 3.8) is 0 Å². The number of unbranched alkanes of at least 4 members (excludes halogenated alkanes) is 1. The monoisotopic (exact) mass is 432 g/mol. The van der Waals surface area contributed by atoms with Crippen LogP contribution in [0.1, 0.15) is 31.0 Å². The third-order valence-electron chi connectivity index (χ3n) is 4.35. The van der Waals surface area contributed by atoms with Crippen LogP contribution in [0, 0.1) is 6.92 Å². The average molecular weight is 433 g/mol. The number of aryl methyl sites for hydroxylation is 1. The first-order valence-corrected chi connectivity index (χ1v) is 10.2. The summed E-state index contributed by atoms with van der Waals surface area (Å²) in [4.78, 5) is 18.8. The lowest BCUT2D eigenvalue weighted by Crippen LogP contribution is -2.38. The number of hydrogen-bond donors (Lipinski definition) is 1. The second kappa shape index (κ2) is 10.9. The van der Waals surface area contributed by atoms with Crippen molar-refractivity contribution < 1.29 is 0 Å². The van der Waals surface area contributed by atoms with Crippen molar-refractivity contribution in [3.05, 3.63) is 68.5 Å². The van der Waals surface area contributed by atoms with E-state index >= 15 is 0 Å². The predicted octanol–water partition coefficient (Wildman–Crippen LogP) is 3.80. The Labute approximate surface area is 170 Å². The minimum absolute atomic E-state index is 0.0704. The van der Waals surface area contributed by atoms with Gasteiger partial charge in [0, 0.05) is 49.5 Å². The summed E-state index contributed by atoms with van der Waals surface area (Å²) in [5.41, 5.74) is 2.32. The van der Waals surface area contributed by atoms with Gasteiger partial charge in [0.2, 0.25) is 0 Å². The Morgan fingerprint density at radius 1 is 1.19 bits per heavy atom. The SMILES string of the molecule is CCNC(=NCCCCn1c(C)cccc1=O)N(C)Cc1ccc(Br)cc1. The van der Waals surface area contributed by atoms with Gasteiger partial charge >= 0.3 is 0 Å². The average Bonchev–Trinajstić information content (AvgIpc) is 2.64. The van der Waals surface area contributed by atoms with Gasteiger partial charge in [-0.2, -0.15) is 0 Å². The van der Waals surface area contributed by atoms with E-state index in [2.05, 4.69) is 64.4 Å². The van der Waals surface area contributed by atoms with Crippen LogP contribution < -0.4 is 10.9 Å². The number of rotatable bonds is 8. The number of nitrogens with zero attached hydrogens (tertiary/aromatic N) is 3. The Hall–Kier alpha value is -2.08. The number of benzene rings is 1. The van der Waals surface area contributed by atoms with Crippen molar-refractivity contribution in [2.75, 3.05) is 20.1 Å². The van der Waals surface area contributed by atoms with E-state index in [4.69, 9.17) is 4.99 Å². The topological polar surface area (TPSA) is 49.6 Å². The third kappa shape index (κ3) is 6.86. The van der Waals surface area contributed by atoms with E-state index < -0.39 is 0 Å². The molecule has 0 aliphatic heterocycles. The highest BCUT2D eigenvalue weighted by Crippen LogP contribution is 2.12. The second-order valence-electron chi connectivity index (χ2n) is 6.58. The van der Waals surface area contributed by atoms with Crippen molar-refractivity contribution >= 4 is 21.9 Å². The fourth-order valence-electron chi connectivity index (χ4n) is 2.88. The van der Waals surface area contributed by atoms with Crippen LogP contribution >= 0.6 is 15.9 Å². The zero-order valence-electron chi connectivity index (χ0n) is 16.4.